The Bertz CT molecular complexity index is 864. The van der Waals surface area contributed by atoms with Gasteiger partial charge in [-0.15, -0.1) is 0 Å². The van der Waals surface area contributed by atoms with E-state index in [1.807, 2.05) is 0 Å². The summed E-state index contributed by atoms with van der Waals surface area (Å²) in [4.78, 5) is 2.52. The number of hydrogen-bond donors (Lipinski definition) is 0. The smallest absolute Gasteiger partial charge is 0.0378 e. The van der Waals surface area contributed by atoms with E-state index in [1.54, 1.807) is 11.1 Å². The average molecular weight is 386 g/mol. The molecule has 1 saturated heterocycles. The van der Waals surface area contributed by atoms with E-state index in [0.717, 1.165) is 6.54 Å². The first kappa shape index (κ1) is 20.2. The molecule has 1 nitrogen and oxygen atoms in total. The molecule has 0 saturated carbocycles. The molecule has 4 rings (SSSR count). The molecule has 0 N–H and O–H groups in total. The second kappa shape index (κ2) is 8.71. The van der Waals surface area contributed by atoms with Gasteiger partial charge in [0.25, 0.3) is 0 Å². The molecule has 0 unspecified atom stereocenters. The summed E-state index contributed by atoms with van der Waals surface area (Å²) < 4.78 is 0. The van der Waals surface area contributed by atoms with Crippen molar-refractivity contribution < 1.29 is 0 Å². The van der Waals surface area contributed by atoms with Gasteiger partial charge >= 0.3 is 0 Å². The summed E-state index contributed by atoms with van der Waals surface area (Å²) >= 11 is 0. The van der Waals surface area contributed by atoms with Crippen molar-refractivity contribution in [2.45, 2.75) is 45.4 Å². The summed E-state index contributed by atoms with van der Waals surface area (Å²) in [7, 11) is 2.28. The molecule has 152 valence electrons. The number of hydrogen-bond acceptors (Lipinski definition) is 1. The van der Waals surface area contributed by atoms with Crippen molar-refractivity contribution in [3.8, 4) is 0 Å². The Balaban J connectivity index is 1.80. The van der Waals surface area contributed by atoms with Crippen molar-refractivity contribution in [3.05, 3.63) is 83.9 Å². The maximum Gasteiger partial charge on any atom is 0.0378 e. The Morgan fingerprint density at radius 3 is 2.38 bits per heavy atom. The van der Waals surface area contributed by atoms with Crippen LogP contribution in [0.25, 0.3) is 11.1 Å². The van der Waals surface area contributed by atoms with Gasteiger partial charge in [-0.05, 0) is 54.5 Å². The van der Waals surface area contributed by atoms with Crippen LogP contribution in [-0.2, 0) is 0 Å². The Kier molecular flexibility index (Phi) is 6.06. The van der Waals surface area contributed by atoms with Crippen LogP contribution in [0, 0.1) is 11.3 Å². The zero-order chi connectivity index (χ0) is 20.3. The highest BCUT2D eigenvalue weighted by molar-refractivity contribution is 5.90. The molecule has 1 aliphatic carbocycles. The highest BCUT2D eigenvalue weighted by Gasteiger charge is 2.54. The number of unbranched alkanes of at least 4 members (excludes halogenated alkanes) is 3. The maximum absolute atomic E-state index is 4.73. The van der Waals surface area contributed by atoms with Crippen LogP contribution in [0.1, 0.15) is 56.6 Å². The van der Waals surface area contributed by atoms with Crippen LogP contribution in [0.2, 0.25) is 0 Å². The van der Waals surface area contributed by atoms with E-state index in [9.17, 15) is 0 Å². The molecule has 1 fully saturated rings. The van der Waals surface area contributed by atoms with E-state index in [0.29, 0.717) is 5.92 Å². The fourth-order valence-corrected chi connectivity index (χ4v) is 5.84. The summed E-state index contributed by atoms with van der Waals surface area (Å²) in [5.74, 6) is 0.636. The third kappa shape index (κ3) is 3.73. The van der Waals surface area contributed by atoms with Gasteiger partial charge in [0.05, 0.1) is 0 Å². The summed E-state index contributed by atoms with van der Waals surface area (Å²) in [6.45, 7) is 9.27. The van der Waals surface area contributed by atoms with Gasteiger partial charge < -0.3 is 4.90 Å². The van der Waals surface area contributed by atoms with Gasteiger partial charge in [0.1, 0.15) is 0 Å². The molecule has 0 bridgehead atoms. The van der Waals surface area contributed by atoms with E-state index in [4.69, 9.17) is 6.58 Å². The standard InChI is InChI=1S/C28H35N/c1-4-5-6-9-18-25-19-26-20-29(3)21-28(26,22(2)23-14-10-7-11-15-23)27(25)24-16-12-8-13-17-24/h7-8,10-17,26H,2,4-6,9,18-21H2,1,3H3/t26-,28-/m0/s1. The van der Waals surface area contributed by atoms with Gasteiger partial charge in [-0.3, -0.25) is 0 Å². The first-order valence-electron chi connectivity index (χ1n) is 11.4. The van der Waals surface area contributed by atoms with Crippen LogP contribution in [0.15, 0.2) is 72.8 Å². The van der Waals surface area contributed by atoms with Crippen molar-refractivity contribution in [1.29, 1.82) is 0 Å². The highest BCUT2D eigenvalue weighted by atomic mass is 15.1. The predicted molar refractivity (Wildman–Crippen MR) is 126 cm³/mol. The topological polar surface area (TPSA) is 3.24 Å². The van der Waals surface area contributed by atoms with Gasteiger partial charge in [0, 0.05) is 18.5 Å². The van der Waals surface area contributed by atoms with Gasteiger partial charge in [0.2, 0.25) is 0 Å². The quantitative estimate of drug-likeness (QED) is 0.439. The van der Waals surface area contributed by atoms with E-state index in [2.05, 4.69) is 79.5 Å². The zero-order valence-corrected chi connectivity index (χ0v) is 18.2. The molecule has 2 aliphatic rings. The Morgan fingerprint density at radius 2 is 1.69 bits per heavy atom. The van der Waals surface area contributed by atoms with Crippen molar-refractivity contribution in [1.82, 2.24) is 4.90 Å². The lowest BCUT2D eigenvalue weighted by Crippen LogP contribution is -2.30. The van der Waals surface area contributed by atoms with Crippen LogP contribution in [0.3, 0.4) is 0 Å². The van der Waals surface area contributed by atoms with E-state index in [1.165, 1.54) is 61.8 Å². The van der Waals surface area contributed by atoms with Crippen molar-refractivity contribution in [2.75, 3.05) is 20.1 Å². The lowest BCUT2D eigenvalue weighted by atomic mass is 9.67. The molecular weight excluding hydrogens is 350 g/mol. The third-order valence-corrected chi connectivity index (χ3v) is 7.10. The molecular formula is C28H35N. The number of allylic oxidation sites excluding steroid dienone is 1. The average Bonchev–Trinajstić information content (AvgIpc) is 3.23. The minimum atomic E-state index is 0.0392. The van der Waals surface area contributed by atoms with Crippen LogP contribution >= 0.6 is 0 Å². The molecule has 1 heteroatoms. The van der Waals surface area contributed by atoms with Crippen LogP contribution in [0.4, 0.5) is 0 Å². The predicted octanol–water partition coefficient (Wildman–Crippen LogP) is 7.08. The number of benzene rings is 2. The maximum atomic E-state index is 4.73. The Morgan fingerprint density at radius 1 is 1.00 bits per heavy atom. The van der Waals surface area contributed by atoms with E-state index >= 15 is 0 Å². The van der Waals surface area contributed by atoms with Crippen molar-refractivity contribution >= 4 is 11.1 Å². The number of rotatable bonds is 8. The zero-order valence-electron chi connectivity index (χ0n) is 18.2. The van der Waals surface area contributed by atoms with E-state index in [-0.39, 0.29) is 5.41 Å². The number of nitrogens with zero attached hydrogens (tertiary/aromatic N) is 1. The van der Waals surface area contributed by atoms with Crippen LogP contribution in [-0.4, -0.2) is 25.0 Å². The van der Waals surface area contributed by atoms with Gasteiger partial charge in [-0.2, -0.15) is 0 Å². The minimum Gasteiger partial charge on any atom is -0.305 e. The second-order valence-corrected chi connectivity index (χ2v) is 9.07. The van der Waals surface area contributed by atoms with E-state index < -0.39 is 0 Å². The molecule has 1 heterocycles. The third-order valence-electron chi connectivity index (χ3n) is 7.10. The summed E-state index contributed by atoms with van der Waals surface area (Å²) in [6.07, 6.45) is 7.78. The monoisotopic (exact) mass is 385 g/mol. The minimum absolute atomic E-state index is 0.0392. The fraction of sp³-hybridized carbons (Fsp3) is 0.429. The molecule has 0 aromatic heterocycles. The van der Waals surface area contributed by atoms with Crippen molar-refractivity contribution in [3.63, 3.8) is 0 Å². The Hall–Kier alpha value is -2.12. The molecule has 0 amide bonds. The highest BCUT2D eigenvalue weighted by Crippen LogP contribution is 2.62. The first-order chi connectivity index (χ1) is 14.2. The van der Waals surface area contributed by atoms with Gasteiger partial charge in [-0.25, -0.2) is 0 Å². The summed E-state index contributed by atoms with van der Waals surface area (Å²) in [5, 5.41) is 0. The summed E-state index contributed by atoms with van der Waals surface area (Å²) in [6, 6.07) is 22.1. The molecule has 0 radical (unpaired) electrons. The van der Waals surface area contributed by atoms with Crippen LogP contribution in [0.5, 0.6) is 0 Å². The molecule has 1 aliphatic heterocycles. The van der Waals surface area contributed by atoms with Gasteiger partial charge in [-0.1, -0.05) is 99.0 Å². The molecule has 2 aromatic rings. The Labute approximate surface area is 177 Å². The number of fused-ring (bicyclic) bond motifs is 1. The van der Waals surface area contributed by atoms with Gasteiger partial charge in [0.15, 0.2) is 0 Å². The first-order valence-corrected chi connectivity index (χ1v) is 11.4. The molecule has 2 aromatic carbocycles. The number of likely N-dealkylation sites (tertiary alicyclic amines) is 1. The molecule has 2 atom stereocenters. The van der Waals surface area contributed by atoms with Crippen LogP contribution < -0.4 is 0 Å². The molecule has 0 spiro atoms. The molecule has 29 heavy (non-hydrogen) atoms. The van der Waals surface area contributed by atoms with Crippen molar-refractivity contribution in [2.24, 2.45) is 11.3 Å². The summed E-state index contributed by atoms with van der Waals surface area (Å²) in [5.41, 5.74) is 7.36. The largest absolute Gasteiger partial charge is 0.305 e. The lowest BCUT2D eigenvalue weighted by molar-refractivity contribution is 0.389. The normalized spacial score (nSPS) is 24.1. The lowest BCUT2D eigenvalue weighted by Gasteiger charge is -2.36. The SMILES string of the molecule is C=C(c1ccccc1)[C@@]12CN(C)C[C@@H]1CC(CCCCCC)=C2c1ccccc1. The fourth-order valence-electron chi connectivity index (χ4n) is 5.84. The second-order valence-electron chi connectivity index (χ2n) is 9.07.